The molecule has 0 saturated heterocycles. The van der Waals surface area contributed by atoms with E-state index in [1.54, 1.807) is 0 Å². The zero-order valence-corrected chi connectivity index (χ0v) is 14.4. The monoisotopic (exact) mass is 371 g/mol. The number of rotatable bonds is 7. The van der Waals surface area contributed by atoms with Crippen molar-refractivity contribution >= 4 is 24.6 Å². The number of aliphatic carboxylic acids is 1. The van der Waals surface area contributed by atoms with Gasteiger partial charge in [-0.25, -0.2) is 9.97 Å². The molecule has 1 atom stereocenters. The van der Waals surface area contributed by atoms with Gasteiger partial charge in [-0.05, 0) is 0 Å². The fraction of sp³-hybridized carbons (Fsp3) is 0.357. The van der Waals surface area contributed by atoms with E-state index in [1.807, 2.05) is 0 Å². The molecule has 2 rings (SSSR count). The molecule has 0 aliphatic heterocycles. The summed E-state index contributed by atoms with van der Waals surface area (Å²) in [5.74, 6) is -0.488. The number of fused-ring (bicyclic) bond motifs is 1. The average Bonchev–Trinajstić information content (AvgIpc) is 2.52. The zero-order valence-electron chi connectivity index (χ0n) is 13.5. The second kappa shape index (κ2) is 7.32. The molecule has 5 N–H and O–H groups in total. The average molecular weight is 371 g/mol. The molecule has 0 aliphatic carbocycles. The first kappa shape index (κ1) is 19.1. The third-order valence-corrected chi connectivity index (χ3v) is 4.12. The maximum Gasteiger partial charge on any atom is 0.331 e. The minimum absolute atomic E-state index is 0.00949. The lowest BCUT2D eigenvalue weighted by Gasteiger charge is -2.14. The Labute approximate surface area is 142 Å². The standard InChI is InChI=1S/C14H18N3O7P/c1-23-12-4-9-10(5-13(12)24-2)17-11(6-25(20,21)22)8(16-9)3-7(15)14(18)19/h4-5,7H,3,6,15H2,1-2H3,(H,18,19)(H2,20,21,22). The summed E-state index contributed by atoms with van der Waals surface area (Å²) < 4.78 is 21.7. The van der Waals surface area contributed by atoms with Gasteiger partial charge in [-0.15, -0.1) is 0 Å². The molecule has 10 nitrogen and oxygen atoms in total. The van der Waals surface area contributed by atoms with Crippen molar-refractivity contribution in [3.63, 3.8) is 0 Å². The first-order chi connectivity index (χ1) is 11.6. The van der Waals surface area contributed by atoms with E-state index in [-0.39, 0.29) is 17.8 Å². The maximum absolute atomic E-state index is 11.4. The Morgan fingerprint density at radius 2 is 1.64 bits per heavy atom. The quantitative estimate of drug-likeness (QED) is 0.497. The molecule has 0 aliphatic rings. The molecule has 0 spiro atoms. The summed E-state index contributed by atoms with van der Waals surface area (Å²) in [6.45, 7) is 0. The third-order valence-electron chi connectivity index (χ3n) is 3.41. The summed E-state index contributed by atoms with van der Waals surface area (Å²) >= 11 is 0. The molecule has 1 heterocycles. The second-order valence-electron chi connectivity index (χ2n) is 5.28. The molecule has 2 aromatic rings. The van der Waals surface area contributed by atoms with Crippen LogP contribution in [0.3, 0.4) is 0 Å². The zero-order chi connectivity index (χ0) is 18.8. The molecule has 0 radical (unpaired) electrons. The van der Waals surface area contributed by atoms with E-state index in [1.165, 1.54) is 26.4 Å². The number of aromatic nitrogens is 2. The minimum Gasteiger partial charge on any atom is -0.493 e. The first-order valence-electron chi connectivity index (χ1n) is 7.09. The van der Waals surface area contributed by atoms with E-state index < -0.39 is 25.8 Å². The van der Waals surface area contributed by atoms with E-state index in [0.717, 1.165) is 0 Å². The number of nitrogens with two attached hydrogens (primary N) is 1. The minimum atomic E-state index is -4.44. The Bertz CT molecular complexity index is 852. The number of carbonyl (C=O) groups is 1. The van der Waals surface area contributed by atoms with E-state index in [9.17, 15) is 19.1 Å². The van der Waals surface area contributed by atoms with Crippen molar-refractivity contribution in [3.8, 4) is 11.5 Å². The summed E-state index contributed by atoms with van der Waals surface area (Å²) in [4.78, 5) is 38.0. The summed E-state index contributed by atoms with van der Waals surface area (Å²) in [5, 5.41) is 8.97. The van der Waals surface area contributed by atoms with Crippen LogP contribution in [0.15, 0.2) is 12.1 Å². The highest BCUT2D eigenvalue weighted by Crippen LogP contribution is 2.40. The van der Waals surface area contributed by atoms with Crippen LogP contribution in [-0.4, -0.2) is 51.1 Å². The molecule has 136 valence electrons. The molecule has 0 fully saturated rings. The molecule has 0 bridgehead atoms. The predicted molar refractivity (Wildman–Crippen MR) is 87.7 cm³/mol. The maximum atomic E-state index is 11.4. The third kappa shape index (κ3) is 4.64. The van der Waals surface area contributed by atoms with Crippen molar-refractivity contribution < 1.29 is 33.7 Å². The van der Waals surface area contributed by atoms with Gasteiger partial charge in [0.25, 0.3) is 0 Å². The van der Waals surface area contributed by atoms with Crippen molar-refractivity contribution in [1.82, 2.24) is 9.97 Å². The number of carboxylic acids is 1. The molecule has 1 aromatic heterocycles. The first-order valence-corrected chi connectivity index (χ1v) is 8.89. The van der Waals surface area contributed by atoms with E-state index in [0.29, 0.717) is 22.5 Å². The van der Waals surface area contributed by atoms with E-state index in [4.69, 9.17) is 20.3 Å². The number of hydrogen-bond acceptors (Lipinski definition) is 7. The Balaban J connectivity index is 2.63. The van der Waals surface area contributed by atoms with Gasteiger partial charge < -0.3 is 30.1 Å². The largest absolute Gasteiger partial charge is 0.493 e. The smallest absolute Gasteiger partial charge is 0.331 e. The predicted octanol–water partition coefficient (Wildman–Crippen LogP) is 0.279. The van der Waals surface area contributed by atoms with Gasteiger partial charge in [0.1, 0.15) is 6.04 Å². The van der Waals surface area contributed by atoms with Crippen LogP contribution in [0.2, 0.25) is 0 Å². The van der Waals surface area contributed by atoms with E-state index >= 15 is 0 Å². The van der Waals surface area contributed by atoms with Crippen LogP contribution in [-0.2, 0) is 21.9 Å². The SMILES string of the molecule is COc1cc2nc(CC(N)C(=O)O)c(CP(=O)(O)O)nc2cc1OC. The number of ether oxygens (including phenoxy) is 2. The van der Waals surface area contributed by atoms with Crippen molar-refractivity contribution in [2.75, 3.05) is 14.2 Å². The number of nitrogens with zero attached hydrogens (tertiary/aromatic N) is 2. The van der Waals surface area contributed by atoms with Gasteiger partial charge in [0.2, 0.25) is 0 Å². The van der Waals surface area contributed by atoms with E-state index in [2.05, 4.69) is 9.97 Å². The molecule has 25 heavy (non-hydrogen) atoms. The van der Waals surface area contributed by atoms with Gasteiger partial charge in [0.05, 0.1) is 42.8 Å². The highest BCUT2D eigenvalue weighted by Gasteiger charge is 2.23. The van der Waals surface area contributed by atoms with Crippen LogP contribution >= 0.6 is 7.60 Å². The van der Waals surface area contributed by atoms with Crippen LogP contribution < -0.4 is 15.2 Å². The molecular formula is C14H18N3O7P. The lowest BCUT2D eigenvalue weighted by atomic mass is 10.1. The van der Waals surface area contributed by atoms with Crippen molar-refractivity contribution in [1.29, 1.82) is 0 Å². The van der Waals surface area contributed by atoms with Crippen LogP contribution in [0.1, 0.15) is 11.4 Å². The molecule has 0 amide bonds. The Morgan fingerprint density at radius 3 is 2.04 bits per heavy atom. The van der Waals surface area contributed by atoms with Crippen LogP contribution in [0, 0.1) is 0 Å². The summed E-state index contributed by atoms with van der Waals surface area (Å²) in [6.07, 6.45) is -0.895. The number of methoxy groups -OCH3 is 2. The molecule has 1 unspecified atom stereocenters. The highest BCUT2D eigenvalue weighted by molar-refractivity contribution is 7.50. The van der Waals surface area contributed by atoms with Gasteiger partial charge in [-0.2, -0.15) is 0 Å². The Hall–Kier alpha value is -2.26. The van der Waals surface area contributed by atoms with Crippen LogP contribution in [0.4, 0.5) is 0 Å². The molecule has 1 aromatic carbocycles. The Morgan fingerprint density at radius 1 is 1.16 bits per heavy atom. The van der Waals surface area contributed by atoms with Crippen molar-refractivity contribution in [2.24, 2.45) is 5.73 Å². The lowest BCUT2D eigenvalue weighted by molar-refractivity contribution is -0.138. The van der Waals surface area contributed by atoms with Gasteiger partial charge in [0.15, 0.2) is 11.5 Å². The fourth-order valence-electron chi connectivity index (χ4n) is 2.24. The summed E-state index contributed by atoms with van der Waals surface area (Å²) in [7, 11) is -1.56. The normalized spacial score (nSPS) is 12.8. The van der Waals surface area contributed by atoms with Crippen molar-refractivity contribution in [2.45, 2.75) is 18.6 Å². The highest BCUT2D eigenvalue weighted by atomic mass is 31.2. The summed E-state index contributed by atoms with van der Waals surface area (Å²) in [5.41, 5.74) is 6.31. The van der Waals surface area contributed by atoms with Gasteiger partial charge in [0, 0.05) is 18.6 Å². The Kier molecular flexibility index (Phi) is 5.58. The van der Waals surface area contributed by atoms with Gasteiger partial charge >= 0.3 is 13.6 Å². The second-order valence-corrected chi connectivity index (χ2v) is 6.93. The van der Waals surface area contributed by atoms with Gasteiger partial charge in [-0.1, -0.05) is 0 Å². The number of benzene rings is 1. The summed E-state index contributed by atoms with van der Waals surface area (Å²) in [6, 6.07) is 1.78. The molecular weight excluding hydrogens is 353 g/mol. The number of hydrogen-bond donors (Lipinski definition) is 4. The van der Waals surface area contributed by atoms with Crippen molar-refractivity contribution in [3.05, 3.63) is 23.5 Å². The lowest BCUT2D eigenvalue weighted by Crippen LogP contribution is -2.33. The number of carboxylic acid groups (broad SMARTS) is 1. The fourth-order valence-corrected chi connectivity index (χ4v) is 2.88. The van der Waals surface area contributed by atoms with Crippen LogP contribution in [0.25, 0.3) is 11.0 Å². The van der Waals surface area contributed by atoms with Gasteiger partial charge in [-0.3, -0.25) is 9.36 Å². The molecule has 11 heteroatoms. The molecule has 0 saturated carbocycles. The van der Waals surface area contributed by atoms with Crippen LogP contribution in [0.5, 0.6) is 11.5 Å². The topological polar surface area (TPSA) is 165 Å².